The molecule has 0 bridgehead atoms. The van der Waals surface area contributed by atoms with Crippen molar-refractivity contribution in [2.75, 3.05) is 13.2 Å². The lowest BCUT2D eigenvalue weighted by Gasteiger charge is -2.25. The van der Waals surface area contributed by atoms with E-state index >= 15 is 0 Å². The zero-order chi connectivity index (χ0) is 30.2. The van der Waals surface area contributed by atoms with E-state index < -0.39 is 0 Å². The number of rotatable bonds is 30. The first-order valence-corrected chi connectivity index (χ1v) is 19.5. The molecule has 0 spiro atoms. The van der Waals surface area contributed by atoms with Gasteiger partial charge < -0.3 is 9.47 Å². The number of fused-ring (bicyclic) bond motifs is 2. The van der Waals surface area contributed by atoms with Gasteiger partial charge in [-0.1, -0.05) is 168 Å². The summed E-state index contributed by atoms with van der Waals surface area (Å²) in [5, 5.41) is 4.14. The Morgan fingerprint density at radius 2 is 0.698 bits per heavy atom. The molecule has 2 aromatic heterocycles. The lowest BCUT2D eigenvalue weighted by atomic mass is 10.0. The SMILES string of the molecule is CCCCCCCCCCCCCCCOC1=C(OCCCCCCCCCCCCCCC)c2nc3cscc3nc21. The third-order valence-corrected chi connectivity index (χ3v) is 9.65. The molecular formula is C38H64N2O2S. The van der Waals surface area contributed by atoms with Crippen LogP contribution in [0.4, 0.5) is 0 Å². The molecule has 1 aliphatic rings. The quantitative estimate of drug-likeness (QED) is 0.0823. The molecule has 3 rings (SSSR count). The molecule has 0 aromatic carbocycles. The van der Waals surface area contributed by atoms with Gasteiger partial charge in [0.1, 0.15) is 22.4 Å². The zero-order valence-electron chi connectivity index (χ0n) is 28.1. The molecule has 0 radical (unpaired) electrons. The fourth-order valence-corrected chi connectivity index (χ4v) is 6.80. The van der Waals surface area contributed by atoms with Crippen molar-refractivity contribution < 1.29 is 9.47 Å². The van der Waals surface area contributed by atoms with Crippen LogP contribution < -0.4 is 0 Å². The fraction of sp³-hybridized carbons (Fsp3) is 0.789. The van der Waals surface area contributed by atoms with Gasteiger partial charge in [0.15, 0.2) is 11.5 Å². The van der Waals surface area contributed by atoms with Crippen LogP contribution in [0.5, 0.6) is 0 Å². The summed E-state index contributed by atoms with van der Waals surface area (Å²) in [6.45, 7) is 6.06. The molecule has 2 aromatic rings. The molecule has 0 saturated heterocycles. The van der Waals surface area contributed by atoms with Crippen LogP contribution in [0.2, 0.25) is 0 Å². The molecular weight excluding hydrogens is 548 g/mol. The van der Waals surface area contributed by atoms with Crippen molar-refractivity contribution in [1.82, 2.24) is 9.97 Å². The van der Waals surface area contributed by atoms with Crippen LogP contribution in [-0.4, -0.2) is 23.2 Å². The van der Waals surface area contributed by atoms with Gasteiger partial charge in [0.05, 0.1) is 13.2 Å². The largest absolute Gasteiger partial charge is 0.487 e. The number of ether oxygens (including phenoxy) is 2. The number of thiophene rings is 1. The van der Waals surface area contributed by atoms with E-state index in [1.165, 1.54) is 154 Å². The first kappa shape index (κ1) is 35.9. The summed E-state index contributed by atoms with van der Waals surface area (Å²) in [6, 6.07) is 0. The van der Waals surface area contributed by atoms with Gasteiger partial charge in [-0.25, -0.2) is 9.97 Å². The molecule has 43 heavy (non-hydrogen) atoms. The van der Waals surface area contributed by atoms with E-state index in [0.717, 1.165) is 60.0 Å². The number of hydrogen-bond acceptors (Lipinski definition) is 5. The van der Waals surface area contributed by atoms with E-state index in [9.17, 15) is 0 Å². The van der Waals surface area contributed by atoms with Crippen LogP contribution in [0.3, 0.4) is 0 Å². The Morgan fingerprint density at radius 1 is 0.419 bits per heavy atom. The van der Waals surface area contributed by atoms with Crippen molar-refractivity contribution in [3.8, 4) is 0 Å². The molecule has 244 valence electrons. The number of aromatic nitrogens is 2. The third kappa shape index (κ3) is 14.4. The molecule has 1 aliphatic carbocycles. The van der Waals surface area contributed by atoms with Gasteiger partial charge >= 0.3 is 0 Å². The molecule has 0 unspecified atom stereocenters. The van der Waals surface area contributed by atoms with Crippen molar-refractivity contribution in [2.24, 2.45) is 0 Å². The van der Waals surface area contributed by atoms with Gasteiger partial charge in [0.25, 0.3) is 0 Å². The van der Waals surface area contributed by atoms with Crippen LogP contribution in [0.1, 0.15) is 192 Å². The van der Waals surface area contributed by atoms with Crippen LogP contribution >= 0.6 is 11.3 Å². The Morgan fingerprint density at radius 3 is 1.00 bits per heavy atom. The minimum atomic E-state index is 0.738. The van der Waals surface area contributed by atoms with Gasteiger partial charge in [0, 0.05) is 10.8 Å². The highest BCUT2D eigenvalue weighted by Crippen LogP contribution is 2.41. The molecule has 4 nitrogen and oxygen atoms in total. The Bertz CT molecular complexity index is 925. The second-order valence-electron chi connectivity index (χ2n) is 12.9. The normalized spacial score (nSPS) is 12.6. The maximum atomic E-state index is 6.27. The maximum absolute atomic E-state index is 6.27. The molecule has 0 atom stereocenters. The highest BCUT2D eigenvalue weighted by Gasteiger charge is 2.34. The third-order valence-electron chi connectivity index (χ3n) is 8.94. The van der Waals surface area contributed by atoms with E-state index in [0.29, 0.717) is 0 Å². The predicted octanol–water partition coefficient (Wildman–Crippen LogP) is 13.0. The Hall–Kier alpha value is -1.62. The van der Waals surface area contributed by atoms with Gasteiger partial charge in [-0.15, -0.1) is 11.3 Å². The lowest BCUT2D eigenvalue weighted by molar-refractivity contribution is 0.224. The molecule has 0 saturated carbocycles. The number of nitrogens with zero attached hydrogens (tertiary/aromatic N) is 2. The zero-order valence-corrected chi connectivity index (χ0v) is 28.9. The summed E-state index contributed by atoms with van der Waals surface area (Å²) in [5.41, 5.74) is 3.70. The molecule has 5 heteroatoms. The molecule has 0 N–H and O–H groups in total. The second-order valence-corrected chi connectivity index (χ2v) is 13.6. The van der Waals surface area contributed by atoms with Crippen molar-refractivity contribution >= 4 is 33.9 Å². The molecule has 0 amide bonds. The minimum Gasteiger partial charge on any atom is -0.487 e. The van der Waals surface area contributed by atoms with E-state index in [1.807, 2.05) is 0 Å². The predicted molar refractivity (Wildman–Crippen MR) is 188 cm³/mol. The van der Waals surface area contributed by atoms with Crippen LogP contribution in [-0.2, 0) is 9.47 Å². The molecule has 0 fully saturated rings. The summed E-state index contributed by atoms with van der Waals surface area (Å²) >= 11 is 1.65. The van der Waals surface area contributed by atoms with Crippen molar-refractivity contribution in [3.63, 3.8) is 0 Å². The van der Waals surface area contributed by atoms with Crippen molar-refractivity contribution in [2.45, 2.75) is 181 Å². The number of hydrogen-bond donors (Lipinski definition) is 0. The summed E-state index contributed by atoms with van der Waals surface area (Å²) in [7, 11) is 0. The molecule has 0 aliphatic heterocycles. The highest BCUT2D eigenvalue weighted by atomic mass is 32.1. The fourth-order valence-electron chi connectivity index (χ4n) is 6.12. The van der Waals surface area contributed by atoms with E-state index in [4.69, 9.17) is 19.4 Å². The summed E-state index contributed by atoms with van der Waals surface area (Å²) in [6.07, 6.45) is 35.4. The smallest absolute Gasteiger partial charge is 0.191 e. The Kier molecular flexibility index (Phi) is 19.8. The Labute approximate surface area is 268 Å². The monoisotopic (exact) mass is 612 g/mol. The average molecular weight is 613 g/mol. The standard InChI is InChI=1S/C38H64N2O2S/c1-3-5-7-9-11-13-15-17-19-21-23-25-27-29-41-37-35-36(40-34-32-43-31-33(34)39-35)38(37)42-30-28-26-24-22-20-18-16-14-12-10-8-6-4-2/h31-32H,3-30H2,1-2H3. The molecule has 2 heterocycles. The maximum Gasteiger partial charge on any atom is 0.191 e. The van der Waals surface area contributed by atoms with Gasteiger partial charge in [-0.05, 0) is 12.8 Å². The first-order valence-electron chi connectivity index (χ1n) is 18.6. The van der Waals surface area contributed by atoms with E-state index in [2.05, 4.69) is 24.6 Å². The van der Waals surface area contributed by atoms with E-state index in [-0.39, 0.29) is 0 Å². The Balaban J connectivity index is 1.24. The van der Waals surface area contributed by atoms with Gasteiger partial charge in [-0.3, -0.25) is 0 Å². The summed E-state index contributed by atoms with van der Waals surface area (Å²) in [4.78, 5) is 9.68. The van der Waals surface area contributed by atoms with E-state index in [1.54, 1.807) is 11.3 Å². The van der Waals surface area contributed by atoms with Gasteiger partial charge in [-0.2, -0.15) is 0 Å². The van der Waals surface area contributed by atoms with Crippen molar-refractivity contribution in [3.05, 3.63) is 22.1 Å². The van der Waals surface area contributed by atoms with Crippen LogP contribution in [0.25, 0.3) is 22.6 Å². The second kappa shape index (κ2) is 23.7. The topological polar surface area (TPSA) is 44.2 Å². The lowest BCUT2D eigenvalue weighted by Crippen LogP contribution is -2.17. The number of unbranched alkanes of at least 4 members (excludes halogenated alkanes) is 24. The average Bonchev–Trinajstić information content (AvgIpc) is 3.48. The summed E-state index contributed by atoms with van der Waals surface area (Å²) in [5.74, 6) is 1.67. The minimum absolute atomic E-state index is 0.738. The van der Waals surface area contributed by atoms with Crippen LogP contribution in [0, 0.1) is 0 Å². The van der Waals surface area contributed by atoms with Crippen LogP contribution in [0.15, 0.2) is 10.8 Å². The van der Waals surface area contributed by atoms with Crippen molar-refractivity contribution in [1.29, 1.82) is 0 Å². The highest BCUT2D eigenvalue weighted by molar-refractivity contribution is 7.09. The summed E-state index contributed by atoms with van der Waals surface area (Å²) < 4.78 is 12.5. The first-order chi connectivity index (χ1) is 21.3. The van der Waals surface area contributed by atoms with Gasteiger partial charge in [0.2, 0.25) is 0 Å².